The largest absolute Gasteiger partial charge is 0.497 e. The van der Waals surface area contributed by atoms with E-state index < -0.39 is 21.0 Å². The first-order valence-electron chi connectivity index (χ1n) is 10.9. The Balaban J connectivity index is 1.74. The van der Waals surface area contributed by atoms with E-state index in [1.165, 1.54) is 16.4 Å². The van der Waals surface area contributed by atoms with Gasteiger partial charge in [0, 0.05) is 29.2 Å². The summed E-state index contributed by atoms with van der Waals surface area (Å²) in [6.07, 6.45) is 0.472. The number of nitrogens with zero attached hydrogens (tertiary/aromatic N) is 2. The number of nitrogens with one attached hydrogen (secondary N) is 1. The number of ether oxygens (including phenoxy) is 1. The second-order valence-electron chi connectivity index (χ2n) is 8.48. The Morgan fingerprint density at radius 2 is 1.86 bits per heavy atom. The van der Waals surface area contributed by atoms with Gasteiger partial charge in [0.1, 0.15) is 10.8 Å². The van der Waals surface area contributed by atoms with Crippen molar-refractivity contribution >= 4 is 38.2 Å². The van der Waals surface area contributed by atoms with E-state index in [0.717, 1.165) is 22.0 Å². The molecule has 1 aliphatic heterocycles. The van der Waals surface area contributed by atoms with Crippen molar-refractivity contribution in [2.45, 2.75) is 24.3 Å². The molecule has 0 radical (unpaired) electrons. The lowest BCUT2D eigenvalue weighted by Crippen LogP contribution is -2.40. The molecule has 5 rings (SSSR count). The zero-order valence-electron chi connectivity index (χ0n) is 19.0. The van der Waals surface area contributed by atoms with Crippen LogP contribution in [0.5, 0.6) is 5.75 Å². The van der Waals surface area contributed by atoms with Crippen molar-refractivity contribution in [3.05, 3.63) is 98.2 Å². The number of aryl methyl sites for hydroxylation is 1. The van der Waals surface area contributed by atoms with Crippen LogP contribution in [0, 0.1) is 17.0 Å². The minimum atomic E-state index is -3.93. The molecule has 35 heavy (non-hydrogen) atoms. The molecule has 180 valence electrons. The predicted octanol–water partition coefficient (Wildman–Crippen LogP) is 5.38. The number of fused-ring (bicyclic) bond motifs is 3. The van der Waals surface area contributed by atoms with Crippen LogP contribution < -0.4 is 4.74 Å². The van der Waals surface area contributed by atoms with E-state index in [1.54, 1.807) is 37.4 Å². The lowest BCUT2D eigenvalue weighted by molar-refractivity contribution is -0.384. The van der Waals surface area contributed by atoms with Crippen LogP contribution in [0.15, 0.2) is 65.6 Å². The van der Waals surface area contributed by atoms with Gasteiger partial charge in [0.25, 0.3) is 5.69 Å². The van der Waals surface area contributed by atoms with E-state index in [9.17, 15) is 18.5 Å². The smallest absolute Gasteiger partial charge is 0.288 e. The third-order valence-corrected chi connectivity index (χ3v) is 8.60. The Labute approximate surface area is 207 Å². The highest BCUT2D eigenvalue weighted by Gasteiger charge is 2.40. The van der Waals surface area contributed by atoms with E-state index in [-0.39, 0.29) is 22.2 Å². The number of aromatic nitrogens is 1. The van der Waals surface area contributed by atoms with Crippen molar-refractivity contribution in [3.8, 4) is 5.75 Å². The standard InChI is InChI=1S/C25H22ClN3O5S/c1-15-3-7-18(8-4-15)35(32,33)28-12-11-19-20-14-17(34-2)6-10-22(20)27-24(19)25(28)16-5-9-21(26)23(13-16)29(30)31/h3-10,13-14,25,27H,11-12H2,1-2H3/t25-/m1/s1. The van der Waals surface area contributed by atoms with Gasteiger partial charge >= 0.3 is 0 Å². The number of benzene rings is 3. The Hall–Kier alpha value is -3.40. The maximum atomic E-state index is 13.8. The highest BCUT2D eigenvalue weighted by molar-refractivity contribution is 7.89. The summed E-state index contributed by atoms with van der Waals surface area (Å²) in [6.45, 7) is 2.09. The number of aromatic amines is 1. The second-order valence-corrected chi connectivity index (χ2v) is 10.8. The fourth-order valence-electron chi connectivity index (χ4n) is 4.65. The molecule has 4 aromatic rings. The number of nitro benzene ring substituents is 1. The van der Waals surface area contributed by atoms with E-state index >= 15 is 0 Å². The minimum absolute atomic E-state index is 0.0101. The van der Waals surface area contributed by atoms with Gasteiger partial charge in [0.15, 0.2) is 0 Å². The first-order chi connectivity index (χ1) is 16.7. The first-order valence-corrected chi connectivity index (χ1v) is 12.7. The summed E-state index contributed by atoms with van der Waals surface area (Å²) in [7, 11) is -2.34. The molecule has 1 atom stereocenters. The van der Waals surface area contributed by atoms with E-state index in [1.807, 2.05) is 25.1 Å². The van der Waals surface area contributed by atoms with Crippen LogP contribution in [0.25, 0.3) is 10.9 Å². The van der Waals surface area contributed by atoms with E-state index in [2.05, 4.69) is 4.98 Å². The van der Waals surface area contributed by atoms with Crippen molar-refractivity contribution in [2.75, 3.05) is 13.7 Å². The van der Waals surface area contributed by atoms with Crippen molar-refractivity contribution in [1.82, 2.24) is 9.29 Å². The molecule has 0 aliphatic carbocycles. The molecule has 0 bridgehead atoms. The lowest BCUT2D eigenvalue weighted by atomic mass is 9.94. The van der Waals surface area contributed by atoms with Gasteiger partial charge in [0.2, 0.25) is 10.0 Å². The molecule has 0 amide bonds. The summed E-state index contributed by atoms with van der Waals surface area (Å²) >= 11 is 6.07. The molecule has 1 aliphatic rings. The summed E-state index contributed by atoms with van der Waals surface area (Å²) in [6, 6.07) is 15.9. The average molecular weight is 512 g/mol. The fraction of sp³-hybridized carbons (Fsp3) is 0.200. The highest BCUT2D eigenvalue weighted by atomic mass is 35.5. The van der Waals surface area contributed by atoms with Crippen LogP contribution in [0.3, 0.4) is 0 Å². The highest BCUT2D eigenvalue weighted by Crippen LogP contribution is 2.43. The van der Waals surface area contributed by atoms with Gasteiger partial charge in [-0.3, -0.25) is 10.1 Å². The molecule has 0 unspecified atom stereocenters. The number of hydrogen-bond acceptors (Lipinski definition) is 5. The van der Waals surface area contributed by atoms with Crippen LogP contribution in [0.2, 0.25) is 5.02 Å². The van der Waals surface area contributed by atoms with Gasteiger partial charge in [-0.1, -0.05) is 35.4 Å². The van der Waals surface area contributed by atoms with Gasteiger partial charge in [-0.25, -0.2) is 8.42 Å². The SMILES string of the molecule is COc1ccc2[nH]c3c(c2c1)CCN(S(=O)(=O)c1ccc(C)cc1)[C@@H]3c1ccc(Cl)c([N+](=O)[O-])c1. The molecule has 3 aromatic carbocycles. The summed E-state index contributed by atoms with van der Waals surface area (Å²) in [4.78, 5) is 14.6. The number of hydrogen-bond donors (Lipinski definition) is 1. The van der Waals surface area contributed by atoms with Crippen LogP contribution in [0.4, 0.5) is 5.69 Å². The summed E-state index contributed by atoms with van der Waals surface area (Å²) < 4.78 is 34.4. The van der Waals surface area contributed by atoms with Gasteiger partial charge in [0.05, 0.1) is 23.0 Å². The molecule has 10 heteroatoms. The zero-order valence-corrected chi connectivity index (χ0v) is 20.6. The van der Waals surface area contributed by atoms with Crippen molar-refractivity contribution in [3.63, 3.8) is 0 Å². The number of H-pyrrole nitrogens is 1. The lowest BCUT2D eigenvalue weighted by Gasteiger charge is -2.35. The summed E-state index contributed by atoms with van der Waals surface area (Å²) in [5, 5.41) is 12.5. The number of methoxy groups -OCH3 is 1. The first kappa shape index (κ1) is 23.3. The van der Waals surface area contributed by atoms with Crippen LogP contribution in [-0.4, -0.2) is 36.3 Å². The molecule has 0 spiro atoms. The molecule has 1 N–H and O–H groups in total. The average Bonchev–Trinajstić information content (AvgIpc) is 3.21. The van der Waals surface area contributed by atoms with Gasteiger partial charge < -0.3 is 9.72 Å². The van der Waals surface area contributed by atoms with Crippen molar-refractivity contribution < 1.29 is 18.1 Å². The monoisotopic (exact) mass is 511 g/mol. The third kappa shape index (κ3) is 3.95. The number of rotatable bonds is 5. The number of sulfonamides is 1. The molecule has 0 saturated heterocycles. The van der Waals surface area contributed by atoms with E-state index in [4.69, 9.17) is 16.3 Å². The Kier molecular flexibility index (Phi) is 5.79. The van der Waals surface area contributed by atoms with Crippen LogP contribution in [-0.2, 0) is 16.4 Å². The molecule has 0 saturated carbocycles. The van der Waals surface area contributed by atoms with Crippen molar-refractivity contribution in [2.24, 2.45) is 0 Å². The maximum Gasteiger partial charge on any atom is 0.288 e. The summed E-state index contributed by atoms with van der Waals surface area (Å²) in [5.41, 5.74) is 3.58. The quantitative estimate of drug-likeness (QED) is 0.286. The Morgan fingerprint density at radius 1 is 1.11 bits per heavy atom. The Morgan fingerprint density at radius 3 is 2.54 bits per heavy atom. The maximum absolute atomic E-state index is 13.8. The van der Waals surface area contributed by atoms with Crippen LogP contribution in [0.1, 0.15) is 28.4 Å². The minimum Gasteiger partial charge on any atom is -0.497 e. The van der Waals surface area contributed by atoms with Gasteiger partial charge in [-0.2, -0.15) is 4.31 Å². The molecule has 2 heterocycles. The number of halogens is 1. The molecule has 8 nitrogen and oxygen atoms in total. The van der Waals surface area contributed by atoms with Crippen LogP contribution >= 0.6 is 11.6 Å². The zero-order chi connectivity index (χ0) is 24.9. The van der Waals surface area contributed by atoms with Gasteiger partial charge in [-0.05, 0) is 60.9 Å². The predicted molar refractivity (Wildman–Crippen MR) is 134 cm³/mol. The fourth-order valence-corrected chi connectivity index (χ4v) is 6.42. The van der Waals surface area contributed by atoms with E-state index in [0.29, 0.717) is 23.4 Å². The number of nitro groups is 1. The van der Waals surface area contributed by atoms with Crippen molar-refractivity contribution in [1.29, 1.82) is 0 Å². The normalized spacial score (nSPS) is 16.3. The summed E-state index contributed by atoms with van der Waals surface area (Å²) in [5.74, 6) is 0.688. The third-order valence-electron chi connectivity index (χ3n) is 6.40. The molecule has 1 aromatic heterocycles. The molecular weight excluding hydrogens is 490 g/mol. The topological polar surface area (TPSA) is 106 Å². The Bertz CT molecular complexity index is 1560. The second kappa shape index (κ2) is 8.67. The molecule has 0 fully saturated rings. The molecular formula is C25H22ClN3O5S. The van der Waals surface area contributed by atoms with Gasteiger partial charge in [-0.15, -0.1) is 0 Å².